The number of nitrogens with two attached hydrogens (primary N) is 4. The van der Waals surface area contributed by atoms with Crippen LogP contribution in [0.25, 0.3) is 6.08 Å². The van der Waals surface area contributed by atoms with Gasteiger partial charge in [-0.15, -0.1) is 0 Å². The first kappa shape index (κ1) is 55.4. The second-order valence-corrected chi connectivity index (χ2v) is 13.4. The van der Waals surface area contributed by atoms with Gasteiger partial charge in [0.1, 0.15) is 29.9 Å². The van der Waals surface area contributed by atoms with Gasteiger partial charge in [0.2, 0.25) is 29.5 Å². The highest BCUT2D eigenvalue weighted by Gasteiger charge is 2.39. The van der Waals surface area contributed by atoms with Gasteiger partial charge in [-0.25, -0.2) is 9.59 Å². The predicted molar refractivity (Wildman–Crippen MR) is 220 cm³/mol. The van der Waals surface area contributed by atoms with Crippen molar-refractivity contribution in [2.24, 2.45) is 32.9 Å². The fraction of sp³-hybridized carbons (Fsp3) is 0.395. The molecule has 0 unspecified atom stereocenters. The smallest absolute Gasteiger partial charge is 0.490 e. The number of carboxylic acid groups (broad SMARTS) is 2. The van der Waals surface area contributed by atoms with Gasteiger partial charge in [0.05, 0.1) is 6.54 Å². The summed E-state index contributed by atoms with van der Waals surface area (Å²) in [5.41, 5.74) is 23.2. The topological polar surface area (TPSA) is 369 Å². The van der Waals surface area contributed by atoms with E-state index in [1.54, 1.807) is 24.3 Å². The number of aliphatic imine (C=N–C) groups is 2. The van der Waals surface area contributed by atoms with Gasteiger partial charge < -0.3 is 64.8 Å². The number of halogens is 6. The van der Waals surface area contributed by atoms with Gasteiger partial charge in [-0.05, 0) is 55.4 Å². The molecule has 2 aromatic rings. The Labute approximate surface area is 366 Å². The Kier molecular flexibility index (Phi) is 23.4. The maximum absolute atomic E-state index is 13.8. The quantitative estimate of drug-likeness (QED) is 0.0521. The number of hydrogen-bond acceptors (Lipinski definition) is 10. The van der Waals surface area contributed by atoms with Gasteiger partial charge in [-0.1, -0.05) is 54.6 Å². The molecule has 0 spiro atoms. The van der Waals surface area contributed by atoms with Crippen LogP contribution in [0.5, 0.6) is 5.75 Å². The molecule has 0 radical (unpaired) electrons. The molecule has 1 aliphatic heterocycles. The number of carbonyl (C=O) groups is 7. The lowest BCUT2D eigenvalue weighted by molar-refractivity contribution is -0.193. The van der Waals surface area contributed by atoms with Gasteiger partial charge in [-0.3, -0.25) is 34.0 Å². The van der Waals surface area contributed by atoms with E-state index in [-0.39, 0.29) is 69.3 Å². The molecule has 0 aliphatic carbocycles. The number of amides is 5. The number of nitrogens with zero attached hydrogens (tertiary/aromatic N) is 2. The van der Waals surface area contributed by atoms with Crippen molar-refractivity contribution in [1.29, 1.82) is 0 Å². The van der Waals surface area contributed by atoms with E-state index in [0.717, 1.165) is 5.56 Å². The van der Waals surface area contributed by atoms with Crippen LogP contribution in [0.3, 0.4) is 0 Å². The number of carbonyl (C=O) groups excluding carboxylic acids is 5. The fourth-order valence-corrected chi connectivity index (χ4v) is 5.11. The van der Waals surface area contributed by atoms with E-state index in [1.807, 2.05) is 30.3 Å². The van der Waals surface area contributed by atoms with Gasteiger partial charge in [-0.2, -0.15) is 26.3 Å². The number of hydrogen-bond donors (Lipinski definition) is 12. The third kappa shape index (κ3) is 24.0. The van der Waals surface area contributed by atoms with Gasteiger partial charge >= 0.3 is 24.3 Å². The van der Waals surface area contributed by atoms with Crippen LogP contribution in [0, 0.1) is 0 Å². The van der Waals surface area contributed by atoms with Crippen molar-refractivity contribution >= 4 is 59.5 Å². The number of guanidine groups is 2. The molecule has 4 atom stereocenters. The van der Waals surface area contributed by atoms with Crippen LogP contribution in [0.15, 0.2) is 70.7 Å². The predicted octanol–water partition coefficient (Wildman–Crippen LogP) is -0.519. The van der Waals surface area contributed by atoms with Gasteiger partial charge in [0, 0.05) is 19.5 Å². The number of alkyl halides is 6. The third-order valence-electron chi connectivity index (χ3n) is 8.21. The van der Waals surface area contributed by atoms with Crippen LogP contribution in [0.1, 0.15) is 43.2 Å². The maximum Gasteiger partial charge on any atom is 0.490 e. The molecule has 2 aromatic carbocycles. The van der Waals surface area contributed by atoms with E-state index in [0.29, 0.717) is 5.56 Å². The number of aliphatic carboxylic acids is 2. The Hall–Kier alpha value is -7.61. The number of carboxylic acids is 2. The molecule has 3 rings (SSSR count). The monoisotopic (exact) mass is 933 g/mol. The number of aromatic hydroxyl groups is 1. The fourth-order valence-electron chi connectivity index (χ4n) is 5.11. The van der Waals surface area contributed by atoms with Crippen molar-refractivity contribution in [3.8, 4) is 5.75 Å². The number of phenolic OH excluding ortho intramolecular Hbond substituents is 1. The van der Waals surface area contributed by atoms with Crippen molar-refractivity contribution in [3.05, 3.63) is 71.8 Å². The molecule has 5 amide bonds. The Bertz CT molecular complexity index is 1970. The molecule has 0 aromatic heterocycles. The lowest BCUT2D eigenvalue weighted by Gasteiger charge is -2.26. The van der Waals surface area contributed by atoms with Crippen molar-refractivity contribution in [2.75, 3.05) is 19.6 Å². The lowest BCUT2D eigenvalue weighted by atomic mass is 10.0. The molecule has 65 heavy (non-hydrogen) atoms. The first-order valence-corrected chi connectivity index (χ1v) is 19.0. The molecule has 1 saturated heterocycles. The van der Waals surface area contributed by atoms with Crippen LogP contribution in [0.2, 0.25) is 0 Å². The minimum atomic E-state index is -5.08. The average molecular weight is 934 g/mol. The molecule has 1 fully saturated rings. The summed E-state index contributed by atoms with van der Waals surface area (Å²) in [4.78, 5) is 93.4. The zero-order chi connectivity index (χ0) is 49.3. The van der Waals surface area contributed by atoms with Gasteiger partial charge in [0.25, 0.3) is 0 Å². The summed E-state index contributed by atoms with van der Waals surface area (Å²) in [6.07, 6.45) is -5.90. The summed E-state index contributed by atoms with van der Waals surface area (Å²) in [5.74, 6) is -9.18. The summed E-state index contributed by atoms with van der Waals surface area (Å²) in [5, 5.41) is 37.3. The van der Waals surface area contributed by atoms with Crippen molar-refractivity contribution in [1.82, 2.24) is 26.6 Å². The third-order valence-corrected chi connectivity index (χ3v) is 8.21. The van der Waals surface area contributed by atoms with Crippen molar-refractivity contribution in [2.45, 2.75) is 75.0 Å². The molecular formula is C38H49F6N11O10. The molecule has 16 N–H and O–H groups in total. The van der Waals surface area contributed by atoms with Crippen LogP contribution in [0.4, 0.5) is 26.3 Å². The second kappa shape index (κ2) is 27.4. The number of rotatable bonds is 13. The first-order chi connectivity index (χ1) is 30.3. The molecule has 0 saturated carbocycles. The largest absolute Gasteiger partial charge is 0.508 e. The average Bonchev–Trinajstić information content (AvgIpc) is 3.21. The normalized spacial score (nSPS) is 18.5. The maximum atomic E-state index is 13.8. The Morgan fingerprint density at radius 1 is 0.646 bits per heavy atom. The molecule has 21 nitrogen and oxygen atoms in total. The van der Waals surface area contributed by atoms with E-state index in [1.165, 1.54) is 12.1 Å². The molecule has 0 bridgehead atoms. The van der Waals surface area contributed by atoms with E-state index in [9.17, 15) is 55.4 Å². The Morgan fingerprint density at radius 3 is 1.51 bits per heavy atom. The van der Waals surface area contributed by atoms with Crippen LogP contribution < -0.4 is 49.5 Å². The van der Waals surface area contributed by atoms with Gasteiger partial charge in [0.15, 0.2) is 11.9 Å². The minimum absolute atomic E-state index is 0.00545. The van der Waals surface area contributed by atoms with Crippen LogP contribution >= 0.6 is 0 Å². The standard InChI is InChI=1S/C34H47N11O6.2C2HF3O2/c35-33(36)39-17-5-11-25-30(49)43-24(10-4-9-21-7-2-1-3-8-21)29(48)41-20-28(47)42-27(19-22-13-15-23(46)16-14-22)32(51)45-26(31(50)44-25)12-6-18-40-34(37)38;2*3-2(4,5)1(6)7/h1-4,7-9,13-16,24-27,46H,5-6,10-12,17-20H2,(H,41,48)(H,42,47)(H,43,49)(H,44,50)(H,45,51)(H4,35,36,39)(H4,37,38,40);2*(H,6,7)/b9-4+;;/t24-,25-,26-,27+;;/m0../s1. The second-order valence-electron chi connectivity index (χ2n) is 13.4. The number of benzene rings is 2. The molecule has 1 heterocycles. The molecule has 1 aliphatic rings. The SMILES string of the molecule is NC(N)=NCCC[C@@H]1NC(=O)[C@H](CCCN=C(N)N)NC(=O)[C@@H](Cc2ccc(O)cc2)NC(=O)CNC(=O)[C@H](C/C=C/c2ccccc2)NC1=O.O=C(O)C(F)(F)F.O=C(O)C(F)(F)F. The highest BCUT2D eigenvalue weighted by atomic mass is 19.4. The molecular weight excluding hydrogens is 884 g/mol. The Balaban J connectivity index is 0.00000130. The van der Waals surface area contributed by atoms with Crippen LogP contribution in [-0.4, -0.2) is 125 Å². The summed E-state index contributed by atoms with van der Waals surface area (Å²) < 4.78 is 63.5. The summed E-state index contributed by atoms with van der Waals surface area (Å²) in [6.45, 7) is -0.185. The summed E-state index contributed by atoms with van der Waals surface area (Å²) in [6, 6.07) is 10.7. The van der Waals surface area contributed by atoms with Crippen LogP contribution in [-0.2, 0) is 40.0 Å². The molecule has 27 heteroatoms. The first-order valence-electron chi connectivity index (χ1n) is 19.0. The molecule has 358 valence electrons. The lowest BCUT2D eigenvalue weighted by Crippen LogP contribution is -2.57. The summed E-state index contributed by atoms with van der Waals surface area (Å²) >= 11 is 0. The van der Waals surface area contributed by atoms with Crippen molar-refractivity contribution < 1.29 is 75.2 Å². The minimum Gasteiger partial charge on any atom is -0.508 e. The van der Waals surface area contributed by atoms with Crippen molar-refractivity contribution in [3.63, 3.8) is 0 Å². The van der Waals surface area contributed by atoms with E-state index < -0.39 is 84.5 Å². The zero-order valence-corrected chi connectivity index (χ0v) is 34.2. The highest BCUT2D eigenvalue weighted by molar-refractivity contribution is 5.97. The van der Waals surface area contributed by atoms with E-state index >= 15 is 0 Å². The summed E-state index contributed by atoms with van der Waals surface area (Å²) in [7, 11) is 0. The number of nitrogens with one attached hydrogen (secondary N) is 5. The van der Waals surface area contributed by atoms with E-state index in [4.69, 9.17) is 42.7 Å². The highest BCUT2D eigenvalue weighted by Crippen LogP contribution is 2.15. The Morgan fingerprint density at radius 2 is 1.08 bits per heavy atom. The van der Waals surface area contributed by atoms with E-state index in [2.05, 4.69) is 36.6 Å². The zero-order valence-electron chi connectivity index (χ0n) is 34.2. The number of phenols is 1.